The molecule has 12 heteroatoms. The van der Waals surface area contributed by atoms with Crippen molar-refractivity contribution in [1.82, 2.24) is 4.98 Å². The van der Waals surface area contributed by atoms with Crippen LogP contribution in [0, 0.1) is 5.82 Å². The van der Waals surface area contributed by atoms with E-state index >= 15 is 0 Å². The molecule has 0 aliphatic carbocycles. The zero-order valence-corrected chi connectivity index (χ0v) is 16.7. The maximum Gasteiger partial charge on any atom is 0.387 e. The number of aromatic nitrogens is 1. The summed E-state index contributed by atoms with van der Waals surface area (Å²) in [7, 11) is 0. The lowest BCUT2D eigenvalue weighted by atomic mass is 10.2. The summed E-state index contributed by atoms with van der Waals surface area (Å²) in [5.41, 5.74) is 4.75. The molecule has 0 atom stereocenters. The average molecular weight is 467 g/mol. The fourth-order valence-electron chi connectivity index (χ4n) is 2.48. The number of carbonyl (C=O) groups excluding carboxylic acids is 2. The molecule has 1 aromatic heterocycles. The molecule has 0 aliphatic rings. The van der Waals surface area contributed by atoms with Crippen molar-refractivity contribution < 1.29 is 32.2 Å². The number of anilines is 2. The Balaban J connectivity index is 1.70. The number of rotatable bonds is 7. The predicted molar refractivity (Wildman–Crippen MR) is 110 cm³/mol. The van der Waals surface area contributed by atoms with Gasteiger partial charge in [0.1, 0.15) is 28.8 Å². The lowest BCUT2D eigenvalue weighted by Crippen LogP contribution is -2.21. The molecule has 0 saturated carbocycles. The lowest BCUT2D eigenvalue weighted by Gasteiger charge is -2.14. The molecule has 0 bridgehead atoms. The number of hydrogen-bond donors (Lipinski definition) is 3. The van der Waals surface area contributed by atoms with Gasteiger partial charge in [-0.15, -0.1) is 0 Å². The zero-order chi connectivity index (χ0) is 23.3. The highest BCUT2D eigenvalue weighted by atomic mass is 35.5. The van der Waals surface area contributed by atoms with Gasteiger partial charge in [0, 0.05) is 23.4 Å². The number of primary amides is 1. The third kappa shape index (κ3) is 6.01. The van der Waals surface area contributed by atoms with Gasteiger partial charge in [0.2, 0.25) is 0 Å². The fourth-order valence-corrected chi connectivity index (χ4v) is 2.65. The van der Waals surface area contributed by atoms with Crippen molar-refractivity contribution in [3.63, 3.8) is 0 Å². The number of hydrogen-bond acceptors (Lipinski definition) is 5. The Hall–Kier alpha value is -3.99. The molecular weight excluding hydrogens is 453 g/mol. The molecule has 4 N–H and O–H groups in total. The van der Waals surface area contributed by atoms with Crippen LogP contribution in [0.3, 0.4) is 0 Å². The zero-order valence-electron chi connectivity index (χ0n) is 15.9. The van der Waals surface area contributed by atoms with Crippen molar-refractivity contribution in [2.45, 2.75) is 6.61 Å². The first-order chi connectivity index (χ1) is 15.2. The third-order valence-corrected chi connectivity index (χ3v) is 4.05. The van der Waals surface area contributed by atoms with E-state index < -0.39 is 24.4 Å². The maximum atomic E-state index is 14.4. The van der Waals surface area contributed by atoms with Crippen LogP contribution in [0.25, 0.3) is 0 Å². The molecule has 3 aromatic rings. The first kappa shape index (κ1) is 22.7. The van der Waals surface area contributed by atoms with Crippen molar-refractivity contribution in [2.75, 3.05) is 10.6 Å². The Morgan fingerprint density at radius 2 is 1.72 bits per heavy atom. The fraction of sp³-hybridized carbons (Fsp3) is 0.0500. The molecular formula is C20H14ClF3N4O4. The van der Waals surface area contributed by atoms with E-state index in [4.69, 9.17) is 22.1 Å². The molecule has 0 radical (unpaired) electrons. The highest BCUT2D eigenvalue weighted by Crippen LogP contribution is 2.30. The highest BCUT2D eigenvalue weighted by Gasteiger charge is 2.15. The maximum absolute atomic E-state index is 14.4. The molecule has 2 aromatic carbocycles. The normalized spacial score (nSPS) is 10.5. The van der Waals surface area contributed by atoms with E-state index in [2.05, 4.69) is 20.4 Å². The Morgan fingerprint density at radius 1 is 1.00 bits per heavy atom. The van der Waals surface area contributed by atoms with Crippen LogP contribution in [-0.2, 0) is 0 Å². The molecule has 3 rings (SSSR count). The van der Waals surface area contributed by atoms with Gasteiger partial charge in [0.15, 0.2) is 0 Å². The van der Waals surface area contributed by atoms with Crippen LogP contribution in [0.2, 0.25) is 5.02 Å². The molecule has 0 saturated heterocycles. The second kappa shape index (κ2) is 9.88. The van der Waals surface area contributed by atoms with Gasteiger partial charge >= 0.3 is 12.6 Å². The van der Waals surface area contributed by atoms with Crippen LogP contribution in [0.4, 0.5) is 29.3 Å². The predicted octanol–water partition coefficient (Wildman–Crippen LogP) is 5.01. The van der Waals surface area contributed by atoms with Crippen LogP contribution in [0.5, 0.6) is 17.2 Å². The summed E-state index contributed by atoms with van der Waals surface area (Å²) in [5, 5.41) is 4.66. The van der Waals surface area contributed by atoms with Gasteiger partial charge in [0.25, 0.3) is 5.91 Å². The largest absolute Gasteiger partial charge is 0.457 e. The molecule has 0 aliphatic heterocycles. The lowest BCUT2D eigenvalue weighted by molar-refractivity contribution is -0.0493. The van der Waals surface area contributed by atoms with Gasteiger partial charge in [0.05, 0.1) is 11.4 Å². The van der Waals surface area contributed by atoms with Gasteiger partial charge in [-0.3, -0.25) is 9.78 Å². The monoisotopic (exact) mass is 466 g/mol. The van der Waals surface area contributed by atoms with E-state index in [-0.39, 0.29) is 39.3 Å². The molecule has 3 amide bonds. The second-order valence-electron chi connectivity index (χ2n) is 6.08. The molecule has 0 spiro atoms. The summed E-state index contributed by atoms with van der Waals surface area (Å²) in [5.74, 6) is -1.67. The van der Waals surface area contributed by atoms with E-state index in [1.807, 2.05) is 0 Å². The van der Waals surface area contributed by atoms with Gasteiger partial charge in [-0.2, -0.15) is 8.78 Å². The number of nitrogens with two attached hydrogens (primary N) is 1. The summed E-state index contributed by atoms with van der Waals surface area (Å²) in [4.78, 5) is 27.1. The first-order valence-electron chi connectivity index (χ1n) is 8.77. The quantitative estimate of drug-likeness (QED) is 0.452. The van der Waals surface area contributed by atoms with Crippen LogP contribution in [0.1, 0.15) is 10.5 Å². The minimum absolute atomic E-state index is 0.0332. The van der Waals surface area contributed by atoms with Crippen molar-refractivity contribution in [1.29, 1.82) is 0 Å². The second-order valence-corrected chi connectivity index (χ2v) is 6.52. The highest BCUT2D eigenvalue weighted by molar-refractivity contribution is 6.31. The van der Waals surface area contributed by atoms with E-state index in [1.165, 1.54) is 42.6 Å². The SMILES string of the molecule is NC(=O)c1cc(Oc2ccc(NC(=O)Nc3cc(Cl)ccc3OC(F)F)c(F)c2)ccn1. The summed E-state index contributed by atoms with van der Waals surface area (Å²) >= 11 is 5.82. The van der Waals surface area contributed by atoms with Crippen LogP contribution in [-0.4, -0.2) is 23.5 Å². The minimum atomic E-state index is -3.12. The Bertz CT molecular complexity index is 1160. The van der Waals surface area contributed by atoms with E-state index in [0.29, 0.717) is 0 Å². The van der Waals surface area contributed by atoms with Crippen LogP contribution in [0.15, 0.2) is 54.7 Å². The van der Waals surface area contributed by atoms with Crippen molar-refractivity contribution in [2.24, 2.45) is 5.73 Å². The minimum Gasteiger partial charge on any atom is -0.457 e. The van der Waals surface area contributed by atoms with Gasteiger partial charge in [-0.25, -0.2) is 9.18 Å². The summed E-state index contributed by atoms with van der Waals surface area (Å²) < 4.78 is 49.2. The van der Waals surface area contributed by atoms with Gasteiger partial charge in [-0.05, 0) is 36.4 Å². The van der Waals surface area contributed by atoms with Crippen molar-refractivity contribution in [3.8, 4) is 17.2 Å². The molecule has 166 valence electrons. The van der Waals surface area contributed by atoms with E-state index in [9.17, 15) is 22.8 Å². The Labute approximate surface area is 184 Å². The van der Waals surface area contributed by atoms with Gasteiger partial charge in [-0.1, -0.05) is 11.6 Å². The molecule has 0 fully saturated rings. The topological polar surface area (TPSA) is 116 Å². The summed E-state index contributed by atoms with van der Waals surface area (Å²) in [6.07, 6.45) is 1.30. The summed E-state index contributed by atoms with van der Waals surface area (Å²) in [6, 6.07) is 9.00. The average Bonchev–Trinajstić information content (AvgIpc) is 2.72. The van der Waals surface area contributed by atoms with Gasteiger partial charge < -0.3 is 25.8 Å². The van der Waals surface area contributed by atoms with Crippen molar-refractivity contribution >= 4 is 34.9 Å². The molecule has 32 heavy (non-hydrogen) atoms. The van der Waals surface area contributed by atoms with Crippen LogP contribution >= 0.6 is 11.6 Å². The number of alkyl halides is 2. The number of amides is 3. The number of halogens is 4. The van der Waals surface area contributed by atoms with E-state index in [1.54, 1.807) is 0 Å². The first-order valence-corrected chi connectivity index (χ1v) is 9.14. The number of ether oxygens (including phenoxy) is 2. The summed E-state index contributed by atoms with van der Waals surface area (Å²) in [6.45, 7) is -3.12. The number of benzene rings is 2. The number of pyridine rings is 1. The van der Waals surface area contributed by atoms with Crippen LogP contribution < -0.4 is 25.8 Å². The molecule has 0 unspecified atom stereocenters. The third-order valence-electron chi connectivity index (χ3n) is 3.81. The molecule has 1 heterocycles. The Morgan fingerprint density at radius 3 is 2.41 bits per heavy atom. The smallest absolute Gasteiger partial charge is 0.387 e. The van der Waals surface area contributed by atoms with E-state index in [0.717, 1.165) is 12.1 Å². The van der Waals surface area contributed by atoms with Crippen molar-refractivity contribution in [3.05, 3.63) is 71.3 Å². The number of nitrogens with zero attached hydrogens (tertiary/aromatic N) is 1. The standard InChI is InChI=1S/C20H14ClF3N4O4/c21-10-1-4-17(32-19(23)24)15(7-10)28-20(30)27-14-3-2-11(8-13(14)22)31-12-5-6-26-16(9-12)18(25)29/h1-9,19H,(H2,25,29)(H2,27,28,30). The number of nitrogens with one attached hydrogen (secondary N) is 2. The Kier molecular flexibility index (Phi) is 7.00. The number of carbonyl (C=O) groups is 2. The molecule has 8 nitrogen and oxygen atoms in total. The number of urea groups is 1.